The second kappa shape index (κ2) is 18.2. The number of esters is 1. The molecule has 0 heterocycles. The Morgan fingerprint density at radius 3 is 1.54 bits per heavy atom. The van der Waals surface area contributed by atoms with Gasteiger partial charge in [-0.3, -0.25) is 4.79 Å². The van der Waals surface area contributed by atoms with E-state index in [9.17, 15) is 4.79 Å². The highest BCUT2D eigenvalue weighted by molar-refractivity contribution is 5.75. The van der Waals surface area contributed by atoms with E-state index in [1.165, 1.54) is 122 Å². The summed E-state index contributed by atoms with van der Waals surface area (Å²) in [6.07, 6.45) is 29.5. The Bertz CT molecular complexity index is 824. The van der Waals surface area contributed by atoms with Crippen LogP contribution in [0.25, 0.3) is 0 Å². The van der Waals surface area contributed by atoms with Gasteiger partial charge in [-0.2, -0.15) is 0 Å². The lowest BCUT2D eigenvalue weighted by molar-refractivity contribution is -0.140. The summed E-state index contributed by atoms with van der Waals surface area (Å²) in [5, 5.41) is 0. The number of unbranched alkanes of at least 4 members (excludes halogenated alkanes) is 4. The summed E-state index contributed by atoms with van der Waals surface area (Å²) >= 11 is 0. The Balaban J connectivity index is 1.06. The number of benzene rings is 1. The molecule has 0 aromatic heterocycles. The topological polar surface area (TPSA) is 35.5 Å². The van der Waals surface area contributed by atoms with Gasteiger partial charge in [0.25, 0.3) is 0 Å². The van der Waals surface area contributed by atoms with Crippen molar-refractivity contribution in [3.05, 3.63) is 24.3 Å². The third-order valence-corrected chi connectivity index (χ3v) is 11.1. The van der Waals surface area contributed by atoms with Gasteiger partial charge in [0.1, 0.15) is 11.5 Å². The SMILES string of the molecule is CCCCCC1CCC(CCCOc2ccc(OC(=O)C3CCC(C4CCC(CCCCC)CC4)CC3)cc2)CC1. The second-order valence-electron chi connectivity index (χ2n) is 14.2. The van der Waals surface area contributed by atoms with Crippen LogP contribution in [0.3, 0.4) is 0 Å². The Kier molecular flexibility index (Phi) is 14.4. The normalized spacial score (nSPS) is 28.7. The zero-order chi connectivity index (χ0) is 28.7. The molecular weight excluding hydrogens is 504 g/mol. The van der Waals surface area contributed by atoms with Crippen LogP contribution in [0.4, 0.5) is 0 Å². The Morgan fingerprint density at radius 1 is 0.585 bits per heavy atom. The minimum Gasteiger partial charge on any atom is -0.494 e. The second-order valence-corrected chi connectivity index (χ2v) is 14.2. The Morgan fingerprint density at radius 2 is 1.02 bits per heavy atom. The van der Waals surface area contributed by atoms with Gasteiger partial charge in [0.05, 0.1) is 12.5 Å². The first-order chi connectivity index (χ1) is 20.1. The molecule has 1 aromatic carbocycles. The van der Waals surface area contributed by atoms with Crippen LogP contribution in [0, 0.1) is 35.5 Å². The smallest absolute Gasteiger partial charge is 0.314 e. The first-order valence-corrected chi connectivity index (χ1v) is 18.1. The summed E-state index contributed by atoms with van der Waals surface area (Å²) in [6, 6.07) is 7.72. The molecule has 0 aliphatic heterocycles. The average Bonchev–Trinajstić information content (AvgIpc) is 3.01. The molecule has 0 unspecified atom stereocenters. The third-order valence-electron chi connectivity index (χ3n) is 11.1. The molecule has 3 nitrogen and oxygen atoms in total. The van der Waals surface area contributed by atoms with Crippen LogP contribution in [0.2, 0.25) is 0 Å². The van der Waals surface area contributed by atoms with Crippen molar-refractivity contribution in [3.8, 4) is 11.5 Å². The summed E-state index contributed by atoms with van der Waals surface area (Å²) in [4.78, 5) is 12.9. The molecule has 0 N–H and O–H groups in total. The maximum absolute atomic E-state index is 12.9. The summed E-state index contributed by atoms with van der Waals surface area (Å²) in [7, 11) is 0. The van der Waals surface area contributed by atoms with E-state index < -0.39 is 0 Å². The van der Waals surface area contributed by atoms with E-state index in [4.69, 9.17) is 9.47 Å². The molecule has 4 rings (SSSR count). The van der Waals surface area contributed by atoms with E-state index in [1.54, 1.807) is 0 Å². The highest BCUT2D eigenvalue weighted by Gasteiger charge is 2.33. The van der Waals surface area contributed by atoms with Crippen molar-refractivity contribution in [1.82, 2.24) is 0 Å². The van der Waals surface area contributed by atoms with Crippen molar-refractivity contribution in [1.29, 1.82) is 0 Å². The largest absolute Gasteiger partial charge is 0.494 e. The van der Waals surface area contributed by atoms with Gasteiger partial charge in [0.2, 0.25) is 0 Å². The van der Waals surface area contributed by atoms with Crippen molar-refractivity contribution < 1.29 is 14.3 Å². The van der Waals surface area contributed by atoms with Gasteiger partial charge in [0, 0.05) is 0 Å². The van der Waals surface area contributed by atoms with E-state index in [2.05, 4.69) is 13.8 Å². The molecule has 0 spiro atoms. The maximum atomic E-state index is 12.9. The lowest BCUT2D eigenvalue weighted by Gasteiger charge is -2.37. The van der Waals surface area contributed by atoms with Crippen LogP contribution in [0.15, 0.2) is 24.3 Å². The van der Waals surface area contributed by atoms with E-state index >= 15 is 0 Å². The molecule has 3 saturated carbocycles. The number of hydrogen-bond acceptors (Lipinski definition) is 3. The van der Waals surface area contributed by atoms with E-state index in [0.717, 1.165) is 61.2 Å². The van der Waals surface area contributed by atoms with E-state index in [-0.39, 0.29) is 11.9 Å². The monoisotopic (exact) mass is 566 g/mol. The van der Waals surface area contributed by atoms with Crippen molar-refractivity contribution >= 4 is 5.97 Å². The van der Waals surface area contributed by atoms with Crippen LogP contribution in [-0.2, 0) is 4.79 Å². The number of ether oxygens (including phenoxy) is 2. The molecule has 0 saturated heterocycles. The van der Waals surface area contributed by atoms with Gasteiger partial charge in [-0.1, -0.05) is 104 Å². The molecule has 3 heteroatoms. The lowest BCUT2D eigenvalue weighted by atomic mass is 9.68. The number of hydrogen-bond donors (Lipinski definition) is 0. The molecule has 0 radical (unpaired) electrons. The van der Waals surface area contributed by atoms with Gasteiger partial charge in [-0.15, -0.1) is 0 Å². The van der Waals surface area contributed by atoms with Crippen molar-refractivity contribution in [2.45, 2.75) is 155 Å². The van der Waals surface area contributed by atoms with E-state index in [0.29, 0.717) is 5.75 Å². The predicted octanol–water partition coefficient (Wildman–Crippen LogP) is 11.3. The van der Waals surface area contributed by atoms with Crippen molar-refractivity contribution in [3.63, 3.8) is 0 Å². The quantitative estimate of drug-likeness (QED) is 0.113. The molecule has 232 valence electrons. The summed E-state index contributed by atoms with van der Waals surface area (Å²) in [5.41, 5.74) is 0. The first-order valence-electron chi connectivity index (χ1n) is 18.1. The van der Waals surface area contributed by atoms with Crippen LogP contribution < -0.4 is 9.47 Å². The minimum atomic E-state index is -0.0307. The summed E-state index contributed by atoms with van der Waals surface area (Å²) < 4.78 is 11.8. The standard InChI is InChI=1S/C38H62O3/c1-3-5-7-10-30-13-15-32(16-14-30)12-9-29-40-36-25-27-37(28-26-36)41-38(39)35-23-21-34(22-24-35)33-19-17-31(18-20-33)11-8-6-4-2/h25-28,30-35H,3-24,29H2,1-2H3. The molecule has 3 fully saturated rings. The third kappa shape index (κ3) is 11.3. The average molecular weight is 567 g/mol. The molecule has 41 heavy (non-hydrogen) atoms. The number of rotatable bonds is 16. The van der Waals surface area contributed by atoms with Crippen LogP contribution in [-0.4, -0.2) is 12.6 Å². The fourth-order valence-corrected chi connectivity index (χ4v) is 8.31. The fraction of sp³-hybridized carbons (Fsp3) is 0.816. The van der Waals surface area contributed by atoms with Crippen LogP contribution in [0.1, 0.15) is 155 Å². The first kappa shape index (κ1) is 32.4. The van der Waals surface area contributed by atoms with E-state index in [1.807, 2.05) is 24.3 Å². The molecule has 3 aliphatic carbocycles. The molecular formula is C38H62O3. The molecule has 1 aromatic rings. The molecule has 0 bridgehead atoms. The van der Waals surface area contributed by atoms with Gasteiger partial charge in [-0.25, -0.2) is 0 Å². The van der Waals surface area contributed by atoms with Crippen molar-refractivity contribution in [2.75, 3.05) is 6.61 Å². The minimum absolute atomic E-state index is 0.0307. The summed E-state index contributed by atoms with van der Waals surface area (Å²) in [5.74, 6) is 6.17. The Hall–Kier alpha value is -1.51. The Labute approximate surface area is 252 Å². The molecule has 0 atom stereocenters. The number of carbonyl (C=O) groups excluding carboxylic acids is 1. The molecule has 0 amide bonds. The van der Waals surface area contributed by atoms with Gasteiger partial charge < -0.3 is 9.47 Å². The fourth-order valence-electron chi connectivity index (χ4n) is 8.31. The van der Waals surface area contributed by atoms with Crippen LogP contribution in [0.5, 0.6) is 11.5 Å². The zero-order valence-corrected chi connectivity index (χ0v) is 26.8. The van der Waals surface area contributed by atoms with Gasteiger partial charge in [0.15, 0.2) is 0 Å². The predicted molar refractivity (Wildman–Crippen MR) is 171 cm³/mol. The van der Waals surface area contributed by atoms with Gasteiger partial charge >= 0.3 is 5.97 Å². The summed E-state index contributed by atoms with van der Waals surface area (Å²) in [6.45, 7) is 5.38. The maximum Gasteiger partial charge on any atom is 0.314 e. The van der Waals surface area contributed by atoms with Crippen LogP contribution >= 0.6 is 0 Å². The lowest BCUT2D eigenvalue weighted by Crippen LogP contribution is -2.30. The molecule has 3 aliphatic rings. The highest BCUT2D eigenvalue weighted by Crippen LogP contribution is 2.42. The zero-order valence-electron chi connectivity index (χ0n) is 26.8. The van der Waals surface area contributed by atoms with Gasteiger partial charge in [-0.05, 0) is 105 Å². The highest BCUT2D eigenvalue weighted by atomic mass is 16.5. The van der Waals surface area contributed by atoms with Crippen molar-refractivity contribution in [2.24, 2.45) is 35.5 Å². The number of carbonyl (C=O) groups is 1.